The Morgan fingerprint density at radius 1 is 1.00 bits per heavy atom. The topological polar surface area (TPSA) is 91.1 Å². The van der Waals surface area contributed by atoms with E-state index < -0.39 is 12.1 Å². The van der Waals surface area contributed by atoms with E-state index in [4.69, 9.17) is 30.9 Å². The molecule has 30 heavy (non-hydrogen) atoms. The van der Waals surface area contributed by atoms with Gasteiger partial charge in [0, 0.05) is 21.7 Å². The van der Waals surface area contributed by atoms with Gasteiger partial charge in [0.2, 0.25) is 0 Å². The molecule has 0 bridgehead atoms. The molecule has 0 radical (unpaired) electrons. The largest absolute Gasteiger partial charge is 0.464 e. The number of esters is 1. The van der Waals surface area contributed by atoms with Crippen LogP contribution in [0.3, 0.4) is 0 Å². The monoisotopic (exact) mass is 431 g/mol. The lowest BCUT2D eigenvalue weighted by atomic mass is 9.99. The summed E-state index contributed by atoms with van der Waals surface area (Å²) in [5.74, 6) is -0.628. The van der Waals surface area contributed by atoms with Crippen LogP contribution in [0.1, 0.15) is 29.7 Å². The Morgan fingerprint density at radius 3 is 2.30 bits per heavy atom. The Labute approximate surface area is 179 Å². The second-order valence-electron chi connectivity index (χ2n) is 5.85. The maximum absolute atomic E-state index is 12.1. The van der Waals surface area contributed by atoms with Crippen molar-refractivity contribution in [1.82, 2.24) is 0 Å². The summed E-state index contributed by atoms with van der Waals surface area (Å²) in [5, 5.41) is 12.4. The van der Waals surface area contributed by atoms with E-state index >= 15 is 0 Å². The molecule has 8 nitrogen and oxygen atoms in total. The molecule has 0 aliphatic heterocycles. The predicted molar refractivity (Wildman–Crippen MR) is 115 cm³/mol. The molecule has 0 saturated heterocycles. The number of oxime groups is 3. The van der Waals surface area contributed by atoms with E-state index in [1.54, 1.807) is 49.4 Å². The first-order chi connectivity index (χ1) is 14.5. The Bertz CT molecular complexity index is 942. The molecule has 158 valence electrons. The second kappa shape index (κ2) is 11.6. The van der Waals surface area contributed by atoms with E-state index in [2.05, 4.69) is 15.5 Å². The van der Waals surface area contributed by atoms with Crippen LogP contribution >= 0.6 is 11.6 Å². The van der Waals surface area contributed by atoms with Crippen LogP contribution in [0, 0.1) is 0 Å². The fraction of sp³-hybridized carbons (Fsp3) is 0.238. The zero-order chi connectivity index (χ0) is 21.9. The minimum absolute atomic E-state index is 0.0258. The number of hydrogen-bond acceptors (Lipinski definition) is 8. The van der Waals surface area contributed by atoms with Crippen LogP contribution in [0.15, 0.2) is 64.0 Å². The lowest BCUT2D eigenvalue weighted by Crippen LogP contribution is -2.20. The molecule has 0 aliphatic rings. The van der Waals surface area contributed by atoms with Crippen LogP contribution in [0.4, 0.5) is 0 Å². The number of methoxy groups -OCH3 is 1. The quantitative estimate of drug-likeness (QED) is 0.340. The number of benzene rings is 2. The first-order valence-corrected chi connectivity index (χ1v) is 9.24. The molecular formula is C21H22ClN3O5. The fourth-order valence-electron chi connectivity index (χ4n) is 2.55. The lowest BCUT2D eigenvalue weighted by molar-refractivity contribution is -0.132. The molecule has 0 spiro atoms. The van der Waals surface area contributed by atoms with Gasteiger partial charge in [-0.25, -0.2) is 4.79 Å². The van der Waals surface area contributed by atoms with Gasteiger partial charge < -0.3 is 19.2 Å². The molecule has 1 unspecified atom stereocenters. The van der Waals surface area contributed by atoms with Crippen molar-refractivity contribution in [2.45, 2.75) is 13.0 Å². The molecule has 2 aromatic carbocycles. The van der Waals surface area contributed by atoms with Crippen LogP contribution in [0.25, 0.3) is 0 Å². The minimum Gasteiger partial charge on any atom is -0.464 e. The van der Waals surface area contributed by atoms with E-state index in [-0.39, 0.29) is 5.71 Å². The predicted octanol–water partition coefficient (Wildman–Crippen LogP) is 3.98. The third kappa shape index (κ3) is 6.05. The highest BCUT2D eigenvalue weighted by molar-refractivity contribution is 6.43. The van der Waals surface area contributed by atoms with Crippen molar-refractivity contribution in [1.29, 1.82) is 0 Å². The number of ether oxygens (including phenoxy) is 1. The van der Waals surface area contributed by atoms with Gasteiger partial charge in [-0.3, -0.25) is 0 Å². The van der Waals surface area contributed by atoms with Gasteiger partial charge in [0.05, 0.1) is 13.3 Å². The molecular weight excluding hydrogens is 410 g/mol. The lowest BCUT2D eigenvalue weighted by Gasteiger charge is -2.15. The molecule has 1 atom stereocenters. The number of carbonyl (C=O) groups is 1. The molecule has 9 heteroatoms. The van der Waals surface area contributed by atoms with Crippen LogP contribution < -0.4 is 0 Å². The second-order valence-corrected chi connectivity index (χ2v) is 6.29. The number of carbonyl (C=O) groups excluding carboxylic acids is 1. The average Bonchev–Trinajstić information content (AvgIpc) is 2.77. The maximum Gasteiger partial charge on any atom is 0.360 e. The van der Waals surface area contributed by atoms with Gasteiger partial charge in [0.15, 0.2) is 5.71 Å². The molecule has 0 N–H and O–H groups in total. The van der Waals surface area contributed by atoms with Gasteiger partial charge in [0.25, 0.3) is 0 Å². The van der Waals surface area contributed by atoms with Crippen LogP contribution in [0.5, 0.6) is 0 Å². The third-order valence-electron chi connectivity index (χ3n) is 3.94. The zero-order valence-electron chi connectivity index (χ0n) is 17.0. The third-order valence-corrected chi connectivity index (χ3v) is 4.19. The van der Waals surface area contributed by atoms with Gasteiger partial charge in [-0.1, -0.05) is 63.5 Å². The number of rotatable bonds is 9. The van der Waals surface area contributed by atoms with E-state index in [0.717, 1.165) is 5.56 Å². The van der Waals surface area contributed by atoms with Crippen LogP contribution in [0.2, 0.25) is 5.02 Å². The number of hydrogen-bond donors (Lipinski definition) is 0. The normalized spacial score (nSPS) is 13.1. The fourth-order valence-corrected chi connectivity index (χ4v) is 2.68. The first-order valence-electron chi connectivity index (χ1n) is 8.86. The van der Waals surface area contributed by atoms with Crippen molar-refractivity contribution in [3.05, 3.63) is 70.2 Å². The summed E-state index contributed by atoms with van der Waals surface area (Å²) in [6.45, 7) is 1.79. The Hall–Kier alpha value is -3.39. The van der Waals surface area contributed by atoms with Crippen molar-refractivity contribution < 1.29 is 24.0 Å². The van der Waals surface area contributed by atoms with E-state index in [1.807, 2.05) is 6.07 Å². The Morgan fingerprint density at radius 2 is 1.67 bits per heavy atom. The standard InChI is InChI=1S/C21H22ClN3O5/c1-14(17-7-5-6-8-18(17)20(25-29-4)21(26)27-2)30-23-13-19(24-28-3)15-9-11-16(22)12-10-15/h5-14H,1-4H3. The van der Waals surface area contributed by atoms with Crippen LogP contribution in [-0.4, -0.2) is 44.9 Å². The molecule has 0 aliphatic carbocycles. The summed E-state index contributed by atoms with van der Waals surface area (Å²) in [5.41, 5.74) is 2.41. The average molecular weight is 432 g/mol. The summed E-state index contributed by atoms with van der Waals surface area (Å²) in [7, 11) is 4.06. The summed E-state index contributed by atoms with van der Waals surface area (Å²) < 4.78 is 4.79. The van der Waals surface area contributed by atoms with Crippen LogP contribution in [-0.2, 0) is 24.0 Å². The van der Waals surface area contributed by atoms with Crippen molar-refractivity contribution in [3.8, 4) is 0 Å². The maximum atomic E-state index is 12.1. The van der Waals surface area contributed by atoms with Gasteiger partial charge in [0.1, 0.15) is 26.0 Å². The molecule has 0 heterocycles. The smallest absolute Gasteiger partial charge is 0.360 e. The molecule has 2 rings (SSSR count). The minimum atomic E-state index is -0.628. The van der Waals surface area contributed by atoms with E-state index in [1.165, 1.54) is 27.5 Å². The molecule has 2 aromatic rings. The van der Waals surface area contributed by atoms with Gasteiger partial charge in [-0.2, -0.15) is 0 Å². The van der Waals surface area contributed by atoms with Crippen molar-refractivity contribution in [2.24, 2.45) is 15.5 Å². The van der Waals surface area contributed by atoms with Gasteiger partial charge in [-0.05, 0) is 19.1 Å². The van der Waals surface area contributed by atoms with Crippen molar-refractivity contribution in [2.75, 3.05) is 21.3 Å². The highest BCUT2D eigenvalue weighted by atomic mass is 35.5. The molecule has 0 aromatic heterocycles. The first kappa shape index (κ1) is 22.9. The molecule has 0 fully saturated rings. The summed E-state index contributed by atoms with van der Waals surface area (Å²) in [6.07, 6.45) is 0.911. The Balaban J connectivity index is 2.24. The number of halogens is 1. The summed E-state index contributed by atoms with van der Waals surface area (Å²) in [4.78, 5) is 27.3. The van der Waals surface area contributed by atoms with Gasteiger partial charge in [-0.15, -0.1) is 0 Å². The SMILES string of the molecule is CON=C(C=NOC(C)c1ccccc1C(=NOC)C(=O)OC)c1ccc(Cl)cc1. The zero-order valence-corrected chi connectivity index (χ0v) is 17.8. The van der Waals surface area contributed by atoms with Gasteiger partial charge >= 0.3 is 5.97 Å². The van der Waals surface area contributed by atoms with E-state index in [9.17, 15) is 4.79 Å². The molecule has 0 amide bonds. The summed E-state index contributed by atoms with van der Waals surface area (Å²) >= 11 is 5.92. The number of nitrogens with zero attached hydrogens (tertiary/aromatic N) is 3. The van der Waals surface area contributed by atoms with Crippen molar-refractivity contribution in [3.63, 3.8) is 0 Å². The highest BCUT2D eigenvalue weighted by Crippen LogP contribution is 2.23. The van der Waals surface area contributed by atoms with E-state index in [0.29, 0.717) is 21.9 Å². The van der Waals surface area contributed by atoms with Crippen molar-refractivity contribution >= 4 is 35.2 Å². The summed E-state index contributed by atoms with van der Waals surface area (Å²) in [6, 6.07) is 14.1. The highest BCUT2D eigenvalue weighted by Gasteiger charge is 2.22. The Kier molecular flexibility index (Phi) is 8.83. The molecule has 0 saturated carbocycles.